The first-order chi connectivity index (χ1) is 11.3. The van der Waals surface area contributed by atoms with Crippen LogP contribution < -0.4 is 10.6 Å². The van der Waals surface area contributed by atoms with Gasteiger partial charge < -0.3 is 15.2 Å². The smallest absolute Gasteiger partial charge is 0.223 e. The van der Waals surface area contributed by atoms with Crippen molar-refractivity contribution < 1.29 is 9.32 Å². The predicted octanol–water partition coefficient (Wildman–Crippen LogP) is 1.79. The molecule has 7 heteroatoms. The SMILES string of the molecule is O=C(NCCc1cnoc1)C1CCC(Nc2cnccn2)CC1. The molecule has 1 fully saturated rings. The largest absolute Gasteiger partial charge is 0.366 e. The summed E-state index contributed by atoms with van der Waals surface area (Å²) in [7, 11) is 0. The Balaban J connectivity index is 1.37. The van der Waals surface area contributed by atoms with Crippen molar-refractivity contribution in [2.24, 2.45) is 5.92 Å². The quantitative estimate of drug-likeness (QED) is 0.844. The van der Waals surface area contributed by atoms with Gasteiger partial charge in [-0.05, 0) is 32.1 Å². The van der Waals surface area contributed by atoms with Crippen LogP contribution in [-0.2, 0) is 11.2 Å². The molecular formula is C16H21N5O2. The molecule has 7 nitrogen and oxygen atoms in total. The van der Waals surface area contributed by atoms with Crippen molar-refractivity contribution in [1.82, 2.24) is 20.4 Å². The Kier molecular flexibility index (Phi) is 5.18. The summed E-state index contributed by atoms with van der Waals surface area (Å²) in [4.78, 5) is 20.5. The van der Waals surface area contributed by atoms with Crippen LogP contribution in [-0.4, -0.2) is 33.6 Å². The van der Waals surface area contributed by atoms with Crippen molar-refractivity contribution in [3.05, 3.63) is 36.6 Å². The van der Waals surface area contributed by atoms with Gasteiger partial charge in [0.1, 0.15) is 12.1 Å². The monoisotopic (exact) mass is 315 g/mol. The lowest BCUT2D eigenvalue weighted by molar-refractivity contribution is -0.125. The van der Waals surface area contributed by atoms with E-state index in [1.54, 1.807) is 31.1 Å². The van der Waals surface area contributed by atoms with E-state index in [9.17, 15) is 4.79 Å². The Bertz CT molecular complexity index is 594. The summed E-state index contributed by atoms with van der Waals surface area (Å²) in [6.45, 7) is 0.623. The third-order valence-corrected chi connectivity index (χ3v) is 4.21. The van der Waals surface area contributed by atoms with E-state index < -0.39 is 0 Å². The molecule has 0 spiro atoms. The van der Waals surface area contributed by atoms with Crippen molar-refractivity contribution in [1.29, 1.82) is 0 Å². The maximum absolute atomic E-state index is 12.2. The third kappa shape index (κ3) is 4.51. The summed E-state index contributed by atoms with van der Waals surface area (Å²) in [5, 5.41) is 10.0. The zero-order valence-electron chi connectivity index (χ0n) is 12.9. The second-order valence-corrected chi connectivity index (χ2v) is 5.86. The lowest BCUT2D eigenvalue weighted by atomic mass is 9.85. The van der Waals surface area contributed by atoms with E-state index in [0.29, 0.717) is 12.6 Å². The van der Waals surface area contributed by atoms with Crippen molar-refractivity contribution in [2.45, 2.75) is 38.1 Å². The van der Waals surface area contributed by atoms with Crippen LogP contribution in [0.2, 0.25) is 0 Å². The molecule has 0 unspecified atom stereocenters. The minimum atomic E-state index is 0.109. The van der Waals surface area contributed by atoms with Crippen LogP contribution >= 0.6 is 0 Å². The van der Waals surface area contributed by atoms with Crippen LogP contribution in [0.25, 0.3) is 0 Å². The summed E-state index contributed by atoms with van der Waals surface area (Å²) >= 11 is 0. The van der Waals surface area contributed by atoms with Crippen LogP contribution in [0.3, 0.4) is 0 Å². The second-order valence-electron chi connectivity index (χ2n) is 5.86. The number of hydrogen-bond acceptors (Lipinski definition) is 6. The van der Waals surface area contributed by atoms with Crippen LogP contribution in [0, 0.1) is 5.92 Å². The third-order valence-electron chi connectivity index (χ3n) is 4.21. The number of nitrogens with zero attached hydrogens (tertiary/aromatic N) is 3. The molecule has 0 aliphatic heterocycles. The topological polar surface area (TPSA) is 92.9 Å². The predicted molar refractivity (Wildman–Crippen MR) is 84.6 cm³/mol. The van der Waals surface area contributed by atoms with Gasteiger partial charge in [0.15, 0.2) is 0 Å². The van der Waals surface area contributed by atoms with Crippen LogP contribution in [0.5, 0.6) is 0 Å². The molecule has 23 heavy (non-hydrogen) atoms. The number of carbonyl (C=O) groups excluding carboxylic acids is 1. The molecule has 1 saturated carbocycles. The van der Waals surface area contributed by atoms with Crippen molar-refractivity contribution in [2.75, 3.05) is 11.9 Å². The zero-order valence-corrected chi connectivity index (χ0v) is 12.9. The second kappa shape index (κ2) is 7.71. The number of aromatic nitrogens is 3. The number of rotatable bonds is 6. The molecule has 0 bridgehead atoms. The van der Waals surface area contributed by atoms with Gasteiger partial charge in [-0.2, -0.15) is 0 Å². The summed E-state index contributed by atoms with van der Waals surface area (Å²) in [5.41, 5.74) is 1.00. The molecule has 2 aromatic heterocycles. The minimum absolute atomic E-state index is 0.109. The van der Waals surface area contributed by atoms with Crippen LogP contribution in [0.15, 0.2) is 35.6 Å². The number of anilines is 1. The summed E-state index contributed by atoms with van der Waals surface area (Å²) in [6.07, 6.45) is 12.8. The van der Waals surface area contributed by atoms with Crippen molar-refractivity contribution in [3.8, 4) is 0 Å². The fraction of sp³-hybridized carbons (Fsp3) is 0.500. The van der Waals surface area contributed by atoms with Gasteiger partial charge in [0.2, 0.25) is 5.91 Å². The average Bonchev–Trinajstić information content (AvgIpc) is 3.10. The summed E-state index contributed by atoms with van der Waals surface area (Å²) in [6, 6.07) is 0.368. The van der Waals surface area contributed by atoms with E-state index in [0.717, 1.165) is 43.5 Å². The van der Waals surface area contributed by atoms with Crippen LogP contribution in [0.4, 0.5) is 5.82 Å². The van der Waals surface area contributed by atoms with Gasteiger partial charge in [-0.25, -0.2) is 4.98 Å². The van der Waals surface area contributed by atoms with E-state index in [1.165, 1.54) is 0 Å². The fourth-order valence-electron chi connectivity index (χ4n) is 2.91. The Hall–Kier alpha value is -2.44. The highest BCUT2D eigenvalue weighted by Gasteiger charge is 2.26. The van der Waals surface area contributed by atoms with Gasteiger partial charge in [-0.1, -0.05) is 5.16 Å². The normalized spacial score (nSPS) is 20.9. The minimum Gasteiger partial charge on any atom is -0.366 e. The zero-order chi connectivity index (χ0) is 15.9. The van der Waals surface area contributed by atoms with Gasteiger partial charge in [0.25, 0.3) is 0 Å². The number of amides is 1. The molecule has 122 valence electrons. The average molecular weight is 315 g/mol. The lowest BCUT2D eigenvalue weighted by Crippen LogP contribution is -2.36. The molecular weight excluding hydrogens is 294 g/mol. The van der Waals surface area contributed by atoms with E-state index in [2.05, 4.69) is 25.8 Å². The van der Waals surface area contributed by atoms with Gasteiger partial charge in [0.05, 0.1) is 12.4 Å². The van der Waals surface area contributed by atoms with Crippen LogP contribution in [0.1, 0.15) is 31.2 Å². The molecule has 1 amide bonds. The molecule has 2 aromatic rings. The lowest BCUT2D eigenvalue weighted by Gasteiger charge is -2.28. The Morgan fingerprint density at radius 2 is 2.09 bits per heavy atom. The van der Waals surface area contributed by atoms with E-state index >= 15 is 0 Å². The maximum atomic E-state index is 12.2. The molecule has 0 saturated heterocycles. The molecule has 0 aromatic carbocycles. The molecule has 1 aliphatic rings. The van der Waals surface area contributed by atoms with Gasteiger partial charge in [-0.15, -0.1) is 0 Å². The summed E-state index contributed by atoms with van der Waals surface area (Å²) < 4.78 is 4.77. The first-order valence-corrected chi connectivity index (χ1v) is 8.00. The Morgan fingerprint density at radius 3 is 2.78 bits per heavy atom. The molecule has 3 rings (SSSR count). The first kappa shape index (κ1) is 15.5. The molecule has 2 heterocycles. The fourth-order valence-corrected chi connectivity index (χ4v) is 2.91. The Morgan fingerprint density at radius 1 is 1.22 bits per heavy atom. The molecule has 2 N–H and O–H groups in total. The van der Waals surface area contributed by atoms with Gasteiger partial charge in [-0.3, -0.25) is 9.78 Å². The highest BCUT2D eigenvalue weighted by atomic mass is 16.5. The number of hydrogen-bond donors (Lipinski definition) is 2. The molecule has 1 aliphatic carbocycles. The number of nitrogens with one attached hydrogen (secondary N) is 2. The Labute approximate surface area is 134 Å². The highest BCUT2D eigenvalue weighted by molar-refractivity contribution is 5.78. The van der Waals surface area contributed by atoms with E-state index in [1.807, 2.05) is 0 Å². The number of carbonyl (C=O) groups is 1. The molecule has 0 radical (unpaired) electrons. The molecule has 0 atom stereocenters. The summed E-state index contributed by atoms with van der Waals surface area (Å²) in [5.74, 6) is 1.06. The van der Waals surface area contributed by atoms with Gasteiger partial charge in [0, 0.05) is 36.5 Å². The standard InChI is InChI=1S/C16H21N5O2/c22-16(19-6-5-12-9-20-23-11-12)13-1-3-14(4-2-13)21-15-10-17-7-8-18-15/h7-11,13-14H,1-6H2,(H,18,21)(H,19,22). The van der Waals surface area contributed by atoms with Crippen molar-refractivity contribution >= 4 is 11.7 Å². The van der Waals surface area contributed by atoms with Crippen molar-refractivity contribution in [3.63, 3.8) is 0 Å². The van der Waals surface area contributed by atoms with E-state index in [4.69, 9.17) is 4.52 Å². The van der Waals surface area contributed by atoms with E-state index in [-0.39, 0.29) is 11.8 Å². The van der Waals surface area contributed by atoms with Gasteiger partial charge >= 0.3 is 0 Å². The highest BCUT2D eigenvalue weighted by Crippen LogP contribution is 2.26. The first-order valence-electron chi connectivity index (χ1n) is 8.00. The maximum Gasteiger partial charge on any atom is 0.223 e.